The van der Waals surface area contributed by atoms with Gasteiger partial charge in [0.2, 0.25) is 0 Å². The zero-order valence-corrected chi connectivity index (χ0v) is 32.3. The third-order valence-corrected chi connectivity index (χ3v) is 11.2. The molecule has 2 heterocycles. The summed E-state index contributed by atoms with van der Waals surface area (Å²) in [5, 5.41) is 0. The Hall–Kier alpha value is -1.50. The van der Waals surface area contributed by atoms with E-state index >= 15 is 0 Å². The number of carbonyl (C=O) groups excluding carboxylic acids is 4. The lowest BCUT2D eigenvalue weighted by molar-refractivity contribution is -0.150. The van der Waals surface area contributed by atoms with Crippen molar-refractivity contribution in [1.82, 2.24) is 0 Å². The maximum atomic E-state index is 11.8. The molecule has 0 aromatic rings. The molecule has 2 saturated heterocycles. The lowest BCUT2D eigenvalue weighted by Gasteiger charge is -2.06. The number of hydrogen-bond donors (Lipinski definition) is 0. The van der Waals surface area contributed by atoms with Crippen LogP contribution in [0.15, 0.2) is 0 Å². The molecule has 0 aliphatic carbocycles. The highest BCUT2D eigenvalue weighted by Crippen LogP contribution is 2.25. The van der Waals surface area contributed by atoms with E-state index in [4.69, 9.17) is 28.4 Å². The molecule has 2 fully saturated rings. The monoisotopic (exact) mass is 746 g/mol. The molecule has 0 amide bonds. The minimum atomic E-state index is -0.347. The van der Waals surface area contributed by atoms with E-state index in [1.54, 1.807) is 0 Å². The average molecular weight is 747 g/mol. The first-order valence-corrected chi connectivity index (χ1v) is 22.1. The Bertz CT molecular complexity index is 812. The number of carbonyl (C=O) groups is 4. The summed E-state index contributed by atoms with van der Waals surface area (Å²) in [4.78, 5) is 46.7. The van der Waals surface area contributed by atoms with Crippen LogP contribution in [0.3, 0.4) is 0 Å². The van der Waals surface area contributed by atoms with Crippen LogP contribution < -0.4 is 0 Å². The van der Waals surface area contributed by atoms with Gasteiger partial charge >= 0.3 is 23.9 Å². The molecule has 2 rings (SSSR count). The fraction of sp³-hybridized carbons (Fsp3) is 0.895. The molecule has 0 saturated carbocycles. The smallest absolute Gasteiger partial charge is 0.306 e. The fourth-order valence-corrected chi connectivity index (χ4v) is 7.56. The molecule has 0 radical (unpaired) electrons. The van der Waals surface area contributed by atoms with Gasteiger partial charge in [-0.3, -0.25) is 19.2 Å². The number of rotatable bonds is 37. The lowest BCUT2D eigenvalue weighted by Crippen LogP contribution is -2.12. The van der Waals surface area contributed by atoms with E-state index in [2.05, 4.69) is 0 Å². The highest BCUT2D eigenvalue weighted by Gasteiger charge is 2.23. The van der Waals surface area contributed by atoms with Gasteiger partial charge in [-0.25, -0.2) is 0 Å². The average Bonchev–Trinajstić information content (AvgIpc) is 4.05. The molecule has 0 N–H and O–H groups in total. The van der Waals surface area contributed by atoms with Crippen molar-refractivity contribution in [3.63, 3.8) is 0 Å². The second kappa shape index (κ2) is 32.2. The van der Waals surface area contributed by atoms with Crippen molar-refractivity contribution in [3.05, 3.63) is 0 Å². The Morgan fingerprint density at radius 1 is 0.400 bits per heavy atom. The molecule has 290 valence electrons. The maximum absolute atomic E-state index is 11.8. The van der Waals surface area contributed by atoms with Crippen LogP contribution in [0, 0.1) is 0 Å². The molecule has 0 aromatic heterocycles. The lowest BCUT2D eigenvalue weighted by atomic mass is 10.1. The second-order valence-electron chi connectivity index (χ2n) is 13.4. The zero-order valence-electron chi connectivity index (χ0n) is 30.7. The predicted octanol–water partition coefficient (Wildman–Crippen LogP) is 8.70. The zero-order chi connectivity index (χ0) is 35.7. The predicted molar refractivity (Wildman–Crippen MR) is 199 cm³/mol. The standard InChI is InChI=1S/C38H66O10S2/c39-35(19-21-37(41)45-27-23-33-31-47-33)43-25-15-11-7-3-1-5-9-13-17-29-49-50-30-18-14-10-6-2-4-8-12-16-26-44-36(40)20-22-38(42)46-28-24-34-32-48-34/h33-34H,1-32H2. The first-order chi connectivity index (χ1) is 24.5. The molecular formula is C38H66O10S2. The largest absolute Gasteiger partial charge is 0.466 e. The number of ether oxygens (including phenoxy) is 6. The van der Waals surface area contributed by atoms with Gasteiger partial charge < -0.3 is 28.4 Å². The van der Waals surface area contributed by atoms with Gasteiger partial charge in [-0.05, 0) is 25.7 Å². The minimum Gasteiger partial charge on any atom is -0.466 e. The number of hydrogen-bond acceptors (Lipinski definition) is 12. The Labute approximate surface area is 309 Å². The van der Waals surface area contributed by atoms with Crippen LogP contribution in [-0.2, 0) is 47.6 Å². The van der Waals surface area contributed by atoms with Gasteiger partial charge in [0.25, 0.3) is 0 Å². The van der Waals surface area contributed by atoms with Crippen LogP contribution in [0.1, 0.15) is 154 Å². The van der Waals surface area contributed by atoms with E-state index in [-0.39, 0.29) is 61.8 Å². The van der Waals surface area contributed by atoms with Gasteiger partial charge in [-0.2, -0.15) is 0 Å². The van der Waals surface area contributed by atoms with Gasteiger partial charge in [-0.15, -0.1) is 0 Å². The van der Waals surface area contributed by atoms with E-state index in [1.165, 1.54) is 101 Å². The van der Waals surface area contributed by atoms with Crippen molar-refractivity contribution in [1.29, 1.82) is 0 Å². The summed E-state index contributed by atoms with van der Waals surface area (Å²) in [6, 6.07) is 0. The van der Waals surface area contributed by atoms with Crippen molar-refractivity contribution in [3.8, 4) is 0 Å². The quantitative estimate of drug-likeness (QED) is 0.0198. The first kappa shape index (κ1) is 44.7. The molecule has 2 aliphatic rings. The summed E-state index contributed by atoms with van der Waals surface area (Å²) in [7, 11) is 4.07. The van der Waals surface area contributed by atoms with Crippen LogP contribution >= 0.6 is 21.6 Å². The van der Waals surface area contributed by atoms with Gasteiger partial charge in [0.15, 0.2) is 0 Å². The van der Waals surface area contributed by atoms with Gasteiger partial charge in [0, 0.05) is 24.3 Å². The maximum Gasteiger partial charge on any atom is 0.306 e. The van der Waals surface area contributed by atoms with E-state index in [0.29, 0.717) is 26.4 Å². The molecule has 0 spiro atoms. The van der Waals surface area contributed by atoms with Gasteiger partial charge in [0.1, 0.15) is 0 Å². The van der Waals surface area contributed by atoms with Crippen molar-refractivity contribution in [2.24, 2.45) is 0 Å². The van der Waals surface area contributed by atoms with Crippen molar-refractivity contribution in [2.45, 2.75) is 166 Å². The van der Waals surface area contributed by atoms with Gasteiger partial charge in [0.05, 0.1) is 77.5 Å². The van der Waals surface area contributed by atoms with Crippen LogP contribution in [0.2, 0.25) is 0 Å². The molecule has 0 bridgehead atoms. The van der Waals surface area contributed by atoms with Gasteiger partial charge in [-0.1, -0.05) is 111 Å². The normalized spacial score (nSPS) is 16.2. The number of epoxide rings is 2. The fourth-order valence-electron chi connectivity index (χ4n) is 5.27. The topological polar surface area (TPSA) is 130 Å². The third-order valence-electron chi connectivity index (χ3n) is 8.63. The molecule has 2 atom stereocenters. The summed E-state index contributed by atoms with van der Waals surface area (Å²) in [5.74, 6) is 1.18. The Balaban J connectivity index is 1.16. The summed E-state index contributed by atoms with van der Waals surface area (Å²) < 4.78 is 30.7. The molecule has 2 aliphatic heterocycles. The second-order valence-corrected chi connectivity index (χ2v) is 16.1. The van der Waals surface area contributed by atoms with Crippen molar-refractivity contribution < 1.29 is 47.6 Å². The van der Waals surface area contributed by atoms with E-state index in [1.807, 2.05) is 21.6 Å². The summed E-state index contributed by atoms with van der Waals surface area (Å²) in [5.41, 5.74) is 0. The summed E-state index contributed by atoms with van der Waals surface area (Å²) >= 11 is 0. The first-order valence-electron chi connectivity index (χ1n) is 19.6. The van der Waals surface area contributed by atoms with Crippen LogP contribution in [0.4, 0.5) is 0 Å². The van der Waals surface area contributed by atoms with Crippen LogP contribution in [0.25, 0.3) is 0 Å². The van der Waals surface area contributed by atoms with Crippen LogP contribution in [-0.4, -0.2) is 87.2 Å². The summed E-state index contributed by atoms with van der Waals surface area (Å²) in [6.07, 6.45) is 24.2. The van der Waals surface area contributed by atoms with Crippen molar-refractivity contribution in [2.75, 3.05) is 51.1 Å². The Kier molecular flexibility index (Phi) is 28.7. The molecule has 0 aromatic carbocycles. The molecule has 10 nitrogen and oxygen atoms in total. The van der Waals surface area contributed by atoms with Crippen molar-refractivity contribution >= 4 is 45.5 Å². The highest BCUT2D eigenvalue weighted by molar-refractivity contribution is 8.76. The third kappa shape index (κ3) is 31.3. The number of unbranched alkanes of at least 4 members (excludes halogenated alkanes) is 16. The minimum absolute atomic E-state index is 0.0829. The van der Waals surface area contributed by atoms with Crippen LogP contribution in [0.5, 0.6) is 0 Å². The Morgan fingerprint density at radius 3 is 0.960 bits per heavy atom. The molecule has 2 unspecified atom stereocenters. The molecule has 12 heteroatoms. The molecular weight excluding hydrogens is 681 g/mol. The van der Waals surface area contributed by atoms with E-state index in [0.717, 1.165) is 51.7 Å². The number of esters is 4. The summed E-state index contributed by atoms with van der Waals surface area (Å²) in [6.45, 7) is 3.11. The Morgan fingerprint density at radius 2 is 0.660 bits per heavy atom. The van der Waals surface area contributed by atoms with E-state index in [9.17, 15) is 19.2 Å². The highest BCUT2D eigenvalue weighted by atomic mass is 33.1. The SMILES string of the molecule is O=C(CCC(=O)OCCC1CO1)OCCCCCCCCCCCSSCCCCCCCCCCCOC(=O)CCC(=O)OCCC1CO1. The van der Waals surface area contributed by atoms with E-state index < -0.39 is 0 Å². The molecule has 50 heavy (non-hydrogen) atoms.